The zero-order valence-electron chi connectivity index (χ0n) is 38.7. The fraction of sp³-hybridized carbons (Fsp3) is 0.451. The van der Waals surface area contributed by atoms with Crippen LogP contribution < -0.4 is 10.6 Å². The summed E-state index contributed by atoms with van der Waals surface area (Å²) in [7, 11) is 2.59. The Morgan fingerprint density at radius 2 is 1.19 bits per heavy atom. The van der Waals surface area contributed by atoms with Crippen molar-refractivity contribution in [3.8, 4) is 44.8 Å². The molecule has 16 nitrogen and oxygen atoms in total. The first-order valence-corrected chi connectivity index (χ1v) is 23.9. The number of amides is 4. The smallest absolute Gasteiger partial charge is 0.453 e. The van der Waals surface area contributed by atoms with E-state index in [9.17, 15) is 19.2 Å². The summed E-state index contributed by atoms with van der Waals surface area (Å²) < 4.78 is 54.0. The quantitative estimate of drug-likeness (QED) is 0.109. The highest BCUT2D eigenvalue weighted by Crippen LogP contribution is 2.53. The largest absolute Gasteiger partial charge is 0.513 e. The zero-order chi connectivity index (χ0) is 47.8. The minimum Gasteiger partial charge on any atom is -0.453 e. The number of halogens is 2. The van der Waals surface area contributed by atoms with Gasteiger partial charge in [0.05, 0.1) is 50.1 Å². The minimum absolute atomic E-state index is 0.0485. The summed E-state index contributed by atoms with van der Waals surface area (Å²) in [5.74, 6) is -2.49. The number of nitrogens with two attached hydrogens (primary N) is 1. The summed E-state index contributed by atoms with van der Waals surface area (Å²) in [4.78, 5) is 72.5. The van der Waals surface area contributed by atoms with E-state index in [4.69, 9.17) is 23.9 Å². The van der Waals surface area contributed by atoms with Crippen LogP contribution >= 0.6 is 0 Å². The van der Waals surface area contributed by atoms with Gasteiger partial charge in [-0.25, -0.2) is 20.1 Å². The van der Waals surface area contributed by atoms with Crippen LogP contribution in [0.25, 0.3) is 44.8 Å². The van der Waals surface area contributed by atoms with Gasteiger partial charge >= 0.3 is 12.2 Å². The zero-order valence-corrected chi connectivity index (χ0v) is 38.7. The molecule has 5 N–H and O–H groups in total. The minimum atomic E-state index is -3.27. The van der Waals surface area contributed by atoms with Gasteiger partial charge < -0.3 is 44.0 Å². The van der Waals surface area contributed by atoms with Crippen molar-refractivity contribution < 1.29 is 52.2 Å². The maximum Gasteiger partial charge on any atom is 0.513 e. The summed E-state index contributed by atoms with van der Waals surface area (Å²) in [6.07, 6.45) is 7.75. The number of likely N-dealkylation sites (tertiary alicyclic amines) is 2. The van der Waals surface area contributed by atoms with E-state index in [1.165, 1.54) is 25.6 Å². The second kappa shape index (κ2) is 19.5. The molecular weight excluding hydrogens is 891 g/mol. The molecule has 0 bridgehead atoms. The fourth-order valence-electron chi connectivity index (χ4n) is 11.0. The number of fused-ring (bicyclic) bond motifs is 3. The van der Waals surface area contributed by atoms with Gasteiger partial charge in [0.1, 0.15) is 17.7 Å². The summed E-state index contributed by atoms with van der Waals surface area (Å²) in [5.41, 5.74) is 4.90. The first-order chi connectivity index (χ1) is 33.5. The number of alkyl halides is 2. The SMILES string of the molecule is COC(=O)N[C@H](C(=O)N1CCC[C@H]1c1ncc(-c2ccc(-c3ccc4c(c3)C(F)(F)c3cc(-c5cnc([C@@H]6CCCN6C(=O)[C@@H]([NH2+]C(=O)OC)C6CCOCC6)[nH]5)ccc3-4)cc2)[nH]1)C1CCOCC1. The average Bonchev–Trinajstić information content (AvgIpc) is 4.26. The molecular formula is C51H57F2N8O8+. The van der Waals surface area contributed by atoms with Gasteiger partial charge in [-0.05, 0) is 97.2 Å². The number of alkyl carbamates (subject to hydrolysis) is 1. The van der Waals surface area contributed by atoms with Crippen molar-refractivity contribution in [2.24, 2.45) is 11.8 Å². The van der Waals surface area contributed by atoms with Gasteiger partial charge in [-0.2, -0.15) is 13.6 Å². The highest BCUT2D eigenvalue weighted by Gasteiger charge is 2.46. The van der Waals surface area contributed by atoms with Gasteiger partial charge in [0.15, 0.2) is 6.04 Å². The Morgan fingerprint density at radius 3 is 1.77 bits per heavy atom. The van der Waals surface area contributed by atoms with Crippen LogP contribution in [-0.4, -0.2) is 120 Å². The summed E-state index contributed by atoms with van der Waals surface area (Å²) in [5, 5.41) is 4.17. The van der Waals surface area contributed by atoms with Crippen molar-refractivity contribution in [2.75, 3.05) is 53.7 Å². The number of rotatable bonds is 11. The number of hydrogen-bond acceptors (Lipinski definition) is 10. The lowest BCUT2D eigenvalue weighted by atomic mass is 9.90. The Bertz CT molecular complexity index is 2710. The van der Waals surface area contributed by atoms with E-state index in [-0.39, 0.29) is 46.9 Å². The highest BCUT2D eigenvalue weighted by atomic mass is 19.3. The van der Waals surface area contributed by atoms with Crippen molar-refractivity contribution in [2.45, 2.75) is 81.5 Å². The molecule has 5 aromatic rings. The molecule has 4 aliphatic heterocycles. The van der Waals surface area contributed by atoms with Crippen LogP contribution in [0, 0.1) is 11.8 Å². The first kappa shape index (κ1) is 46.2. The molecule has 4 atom stereocenters. The van der Waals surface area contributed by atoms with Crippen LogP contribution in [0.3, 0.4) is 0 Å². The number of nitrogens with zero attached hydrogens (tertiary/aromatic N) is 4. The maximum atomic E-state index is 16.6. The number of aromatic nitrogens is 4. The highest BCUT2D eigenvalue weighted by molar-refractivity contribution is 5.87. The number of H-pyrrole nitrogens is 2. The van der Waals surface area contributed by atoms with Gasteiger partial charge in [0.25, 0.3) is 11.8 Å². The normalized spacial score (nSPS) is 21.1. The fourth-order valence-corrected chi connectivity index (χ4v) is 11.0. The molecule has 0 spiro atoms. The molecule has 0 radical (unpaired) electrons. The number of carbonyl (C=O) groups is 4. The number of primary amides is 1. The van der Waals surface area contributed by atoms with Gasteiger partial charge in [-0.1, -0.05) is 48.5 Å². The van der Waals surface area contributed by atoms with Crippen LogP contribution in [0.1, 0.15) is 86.2 Å². The van der Waals surface area contributed by atoms with Crippen LogP contribution in [0.15, 0.2) is 73.1 Å². The molecule has 1 aliphatic carbocycles. The summed E-state index contributed by atoms with van der Waals surface area (Å²) >= 11 is 0. The molecule has 10 rings (SSSR count). The third-order valence-corrected chi connectivity index (χ3v) is 14.8. The van der Waals surface area contributed by atoms with E-state index < -0.39 is 30.2 Å². The van der Waals surface area contributed by atoms with Crippen molar-refractivity contribution in [1.29, 1.82) is 0 Å². The average molecular weight is 948 g/mol. The summed E-state index contributed by atoms with van der Waals surface area (Å²) in [6.45, 7) is 3.15. The molecule has 18 heteroatoms. The van der Waals surface area contributed by atoms with E-state index >= 15 is 8.78 Å². The molecule has 6 heterocycles. The third-order valence-electron chi connectivity index (χ3n) is 14.8. The lowest BCUT2D eigenvalue weighted by molar-refractivity contribution is -0.603. The molecule has 69 heavy (non-hydrogen) atoms. The van der Waals surface area contributed by atoms with E-state index in [0.717, 1.165) is 36.1 Å². The molecule has 0 unspecified atom stereocenters. The molecule has 5 aliphatic rings. The Balaban J connectivity index is 0.827. The number of hydrogen-bond donors (Lipinski definition) is 4. The standard InChI is InChI=1S/C51H56F2N8O8/c1-66-49(64)58-43(31-15-21-68-22-16-31)47(62)60-19-3-5-41(60)45-54-27-39(56-45)30-9-7-29(8-10-30)33-11-13-35-36-14-12-34(26-38(36)51(52,53)37(35)25-33)40-28-55-46(57-40)42-6-4-20-61(42)48(63)44(59-50(65)67-2)32-17-23-69-24-18-32/h7-14,25-28,31-32,41-44H,3-6,15-24H2,1-2H3,(H,54,56)(H,55,57)(H,58,64)(H,59,65)/p+1/t41-,42-,43-,44-/m0/s1. The molecule has 2 aromatic heterocycles. The molecule has 0 saturated carbocycles. The van der Waals surface area contributed by atoms with Gasteiger partial charge in [0.2, 0.25) is 5.91 Å². The summed E-state index contributed by atoms with van der Waals surface area (Å²) in [6, 6.07) is 15.9. The maximum absolute atomic E-state index is 16.6. The molecule has 4 fully saturated rings. The van der Waals surface area contributed by atoms with Crippen molar-refractivity contribution in [1.82, 2.24) is 35.1 Å². The topological polar surface area (TPSA) is 198 Å². The van der Waals surface area contributed by atoms with Gasteiger partial charge in [-0.15, -0.1) is 0 Å². The third kappa shape index (κ3) is 9.00. The predicted molar refractivity (Wildman–Crippen MR) is 247 cm³/mol. The molecule has 3 aromatic carbocycles. The lowest BCUT2D eigenvalue weighted by Crippen LogP contribution is -2.97. The van der Waals surface area contributed by atoms with Crippen LogP contribution in [0.5, 0.6) is 0 Å². The number of carbonyl (C=O) groups excluding carboxylic acids is 4. The van der Waals surface area contributed by atoms with Crippen molar-refractivity contribution >= 4 is 24.0 Å². The Hall–Kier alpha value is -6.50. The van der Waals surface area contributed by atoms with Crippen molar-refractivity contribution in [3.05, 3.63) is 95.8 Å². The van der Waals surface area contributed by atoms with E-state index in [1.54, 1.807) is 40.4 Å². The number of quaternary nitrogens is 1. The lowest BCUT2D eigenvalue weighted by Gasteiger charge is -2.34. The predicted octanol–water partition coefficient (Wildman–Crippen LogP) is 6.86. The molecule has 4 amide bonds. The second-order valence-corrected chi connectivity index (χ2v) is 18.6. The van der Waals surface area contributed by atoms with E-state index in [1.807, 2.05) is 36.4 Å². The number of ether oxygens (including phenoxy) is 4. The molecule has 362 valence electrons. The van der Waals surface area contributed by atoms with E-state index in [0.29, 0.717) is 111 Å². The Kier molecular flexibility index (Phi) is 13.1. The Labute approximate surface area is 397 Å². The Morgan fingerprint density at radius 1 is 0.681 bits per heavy atom. The van der Waals surface area contributed by atoms with Gasteiger partial charge in [0, 0.05) is 62.1 Å². The monoisotopic (exact) mass is 947 g/mol. The van der Waals surface area contributed by atoms with Gasteiger partial charge in [-0.3, -0.25) is 9.59 Å². The molecule has 4 saturated heterocycles. The number of nitrogens with one attached hydrogen (secondary N) is 3. The van der Waals surface area contributed by atoms with Crippen LogP contribution in [-0.2, 0) is 34.5 Å². The number of imidazole rings is 2. The van der Waals surface area contributed by atoms with Crippen LogP contribution in [0.2, 0.25) is 0 Å². The number of methoxy groups -OCH3 is 2. The van der Waals surface area contributed by atoms with E-state index in [2.05, 4.69) is 20.3 Å². The second-order valence-electron chi connectivity index (χ2n) is 18.6. The number of aromatic amines is 2. The van der Waals surface area contributed by atoms with Crippen LogP contribution in [0.4, 0.5) is 18.4 Å². The van der Waals surface area contributed by atoms with Crippen molar-refractivity contribution in [3.63, 3.8) is 0 Å². The number of benzene rings is 3. The first-order valence-electron chi connectivity index (χ1n) is 23.9.